The number of hydrogen-bond acceptors (Lipinski definition) is 7. The molecule has 3 atom stereocenters. The van der Waals surface area contributed by atoms with Crippen molar-refractivity contribution in [1.82, 2.24) is 24.4 Å². The van der Waals surface area contributed by atoms with Crippen LogP contribution < -0.4 is 22.3 Å². The van der Waals surface area contributed by atoms with Crippen LogP contribution in [-0.4, -0.2) is 60.6 Å². The van der Waals surface area contributed by atoms with E-state index in [4.69, 9.17) is 4.74 Å². The third-order valence-corrected chi connectivity index (χ3v) is 5.21. The van der Waals surface area contributed by atoms with Gasteiger partial charge in [0.2, 0.25) is 0 Å². The lowest BCUT2D eigenvalue weighted by Crippen LogP contribution is -2.39. The van der Waals surface area contributed by atoms with Crippen molar-refractivity contribution in [3.8, 4) is 0 Å². The van der Waals surface area contributed by atoms with Crippen molar-refractivity contribution in [2.45, 2.75) is 31.4 Å². The fraction of sp³-hybridized carbons (Fsp3) is 0.368. The molecule has 1 saturated heterocycles. The number of aliphatic hydroxyl groups excluding tert-OH is 2. The van der Waals surface area contributed by atoms with Crippen LogP contribution in [0.25, 0.3) is 11.0 Å². The van der Waals surface area contributed by atoms with Crippen LogP contribution in [0.1, 0.15) is 23.0 Å². The SMILES string of the molecule is O=C(NCCn1c(=O)[nH]c2ccccc21)c1cn([C@H]2CC(O)[C@@H](CO)O2)c(=O)[nH]c1=O. The molecule has 1 fully saturated rings. The summed E-state index contributed by atoms with van der Waals surface area (Å²) in [5.41, 5.74) is -0.970. The lowest BCUT2D eigenvalue weighted by Gasteiger charge is -2.15. The Morgan fingerprint density at radius 2 is 1.97 bits per heavy atom. The van der Waals surface area contributed by atoms with Crippen molar-refractivity contribution >= 4 is 16.9 Å². The molecular weight excluding hydrogens is 410 g/mol. The van der Waals surface area contributed by atoms with Gasteiger partial charge >= 0.3 is 11.4 Å². The number of hydrogen-bond donors (Lipinski definition) is 5. The van der Waals surface area contributed by atoms with E-state index in [1.165, 1.54) is 4.57 Å². The molecule has 1 aromatic carbocycles. The third kappa shape index (κ3) is 3.95. The van der Waals surface area contributed by atoms with Crippen LogP contribution in [0.15, 0.2) is 44.8 Å². The Labute approximate surface area is 173 Å². The minimum absolute atomic E-state index is 0.0156. The molecule has 3 heterocycles. The van der Waals surface area contributed by atoms with Crippen molar-refractivity contribution in [2.24, 2.45) is 0 Å². The Morgan fingerprint density at radius 3 is 2.71 bits per heavy atom. The van der Waals surface area contributed by atoms with Crippen LogP contribution in [0.4, 0.5) is 0 Å². The van der Waals surface area contributed by atoms with Gasteiger partial charge in [-0.2, -0.15) is 0 Å². The molecule has 12 nitrogen and oxygen atoms in total. The van der Waals surface area contributed by atoms with E-state index in [0.717, 1.165) is 10.8 Å². The normalized spacial score (nSPS) is 20.9. The molecule has 1 unspecified atom stereocenters. The zero-order valence-corrected chi connectivity index (χ0v) is 16.3. The van der Waals surface area contributed by atoms with Gasteiger partial charge in [0, 0.05) is 25.7 Å². The van der Waals surface area contributed by atoms with Gasteiger partial charge in [0.1, 0.15) is 17.9 Å². The summed E-state index contributed by atoms with van der Waals surface area (Å²) in [5.74, 6) is -0.736. The monoisotopic (exact) mass is 431 g/mol. The van der Waals surface area contributed by atoms with E-state index in [9.17, 15) is 29.4 Å². The standard InChI is InChI=1S/C19H21N5O7/c25-9-14-13(26)7-15(31-14)24-8-10(17(28)22-19(24)30)16(27)20-5-6-23-12-4-2-1-3-11(12)21-18(23)29/h1-4,8,13-15,25-26H,5-7,9H2,(H,20,27)(H,21,29)(H,22,28,30)/t13?,14-,15-/m1/s1. The van der Waals surface area contributed by atoms with Gasteiger partial charge in [-0.25, -0.2) is 9.59 Å². The number of rotatable bonds is 6. The number of carbonyl (C=O) groups is 1. The predicted molar refractivity (Wildman–Crippen MR) is 108 cm³/mol. The summed E-state index contributed by atoms with van der Waals surface area (Å²) in [6.07, 6.45) is -1.71. The van der Waals surface area contributed by atoms with E-state index in [0.29, 0.717) is 11.0 Å². The summed E-state index contributed by atoms with van der Waals surface area (Å²) in [7, 11) is 0. The van der Waals surface area contributed by atoms with E-state index in [1.54, 1.807) is 24.3 Å². The van der Waals surface area contributed by atoms with Crippen LogP contribution in [0.3, 0.4) is 0 Å². The number of amides is 1. The highest BCUT2D eigenvalue weighted by molar-refractivity contribution is 5.93. The first kappa shape index (κ1) is 20.8. The molecular formula is C19H21N5O7. The average Bonchev–Trinajstić information content (AvgIpc) is 3.27. The van der Waals surface area contributed by atoms with E-state index in [-0.39, 0.29) is 30.8 Å². The summed E-state index contributed by atoms with van der Waals surface area (Å²) in [5, 5.41) is 21.6. The van der Waals surface area contributed by atoms with E-state index in [2.05, 4.69) is 15.3 Å². The Morgan fingerprint density at radius 1 is 1.19 bits per heavy atom. The first-order valence-electron chi connectivity index (χ1n) is 9.64. The van der Waals surface area contributed by atoms with E-state index < -0.39 is 42.2 Å². The van der Waals surface area contributed by atoms with Crippen LogP contribution in [0.5, 0.6) is 0 Å². The molecule has 31 heavy (non-hydrogen) atoms. The number of benzene rings is 1. The summed E-state index contributed by atoms with van der Waals surface area (Å²) in [6, 6.07) is 7.11. The molecule has 4 rings (SSSR count). The lowest BCUT2D eigenvalue weighted by molar-refractivity contribution is -0.0459. The molecule has 1 aliphatic heterocycles. The molecule has 0 spiro atoms. The molecule has 5 N–H and O–H groups in total. The summed E-state index contributed by atoms with van der Waals surface area (Å²) in [4.78, 5) is 53.7. The first-order chi connectivity index (χ1) is 14.9. The fourth-order valence-corrected chi connectivity index (χ4v) is 3.62. The highest BCUT2D eigenvalue weighted by atomic mass is 16.5. The van der Waals surface area contributed by atoms with Gasteiger partial charge in [-0.1, -0.05) is 12.1 Å². The Bertz CT molecular complexity index is 1290. The van der Waals surface area contributed by atoms with E-state index >= 15 is 0 Å². The second kappa shape index (κ2) is 8.34. The number of aromatic amines is 2. The molecule has 1 amide bonds. The predicted octanol–water partition coefficient (Wildman–Crippen LogP) is -1.75. The topological polar surface area (TPSA) is 171 Å². The summed E-state index contributed by atoms with van der Waals surface area (Å²) in [6.45, 7) is -0.205. The van der Waals surface area contributed by atoms with Crippen molar-refractivity contribution in [1.29, 1.82) is 0 Å². The van der Waals surface area contributed by atoms with Gasteiger partial charge in [-0.05, 0) is 12.1 Å². The molecule has 164 valence electrons. The molecule has 0 saturated carbocycles. The molecule has 1 aliphatic rings. The van der Waals surface area contributed by atoms with Gasteiger partial charge < -0.3 is 25.3 Å². The summed E-state index contributed by atoms with van der Waals surface area (Å²) < 4.78 is 7.88. The maximum atomic E-state index is 12.5. The van der Waals surface area contributed by atoms with Crippen LogP contribution in [0.2, 0.25) is 0 Å². The van der Waals surface area contributed by atoms with Crippen molar-refractivity contribution in [3.63, 3.8) is 0 Å². The minimum Gasteiger partial charge on any atom is -0.394 e. The van der Waals surface area contributed by atoms with Crippen LogP contribution in [0, 0.1) is 0 Å². The smallest absolute Gasteiger partial charge is 0.330 e. The van der Waals surface area contributed by atoms with E-state index in [1.807, 2.05) is 0 Å². The first-order valence-corrected chi connectivity index (χ1v) is 9.64. The van der Waals surface area contributed by atoms with Gasteiger partial charge in [0.25, 0.3) is 11.5 Å². The highest BCUT2D eigenvalue weighted by Gasteiger charge is 2.35. The number of aliphatic hydroxyl groups is 2. The second-order valence-corrected chi connectivity index (χ2v) is 7.18. The molecule has 0 bridgehead atoms. The highest BCUT2D eigenvalue weighted by Crippen LogP contribution is 2.27. The van der Waals surface area contributed by atoms with Crippen LogP contribution in [-0.2, 0) is 11.3 Å². The van der Waals surface area contributed by atoms with Crippen molar-refractivity contribution < 1.29 is 19.7 Å². The minimum atomic E-state index is -0.986. The number of nitrogens with zero attached hydrogens (tertiary/aromatic N) is 2. The zero-order chi connectivity index (χ0) is 22.1. The number of ether oxygens (including phenoxy) is 1. The summed E-state index contributed by atoms with van der Waals surface area (Å²) >= 11 is 0. The van der Waals surface area contributed by atoms with Crippen molar-refractivity contribution in [2.75, 3.05) is 13.2 Å². The average molecular weight is 431 g/mol. The number of nitrogens with one attached hydrogen (secondary N) is 3. The maximum Gasteiger partial charge on any atom is 0.330 e. The maximum absolute atomic E-state index is 12.5. The molecule has 0 aliphatic carbocycles. The van der Waals surface area contributed by atoms with Crippen LogP contribution >= 0.6 is 0 Å². The quantitative estimate of drug-likeness (QED) is 0.308. The Balaban J connectivity index is 1.50. The largest absolute Gasteiger partial charge is 0.394 e. The lowest BCUT2D eigenvalue weighted by atomic mass is 10.2. The number of imidazole rings is 1. The molecule has 0 radical (unpaired) electrons. The van der Waals surface area contributed by atoms with Crippen molar-refractivity contribution in [3.05, 3.63) is 67.3 Å². The number of fused-ring (bicyclic) bond motifs is 1. The number of aromatic nitrogens is 4. The number of H-pyrrole nitrogens is 2. The Hall–Kier alpha value is -3.48. The number of para-hydroxylation sites is 2. The number of carbonyl (C=O) groups excluding carboxylic acids is 1. The van der Waals surface area contributed by atoms with Gasteiger partial charge in [-0.15, -0.1) is 0 Å². The molecule has 12 heteroatoms. The third-order valence-electron chi connectivity index (χ3n) is 5.21. The zero-order valence-electron chi connectivity index (χ0n) is 16.3. The molecule has 2 aromatic heterocycles. The van der Waals surface area contributed by atoms with Gasteiger partial charge in [0.05, 0.1) is 23.7 Å². The second-order valence-electron chi connectivity index (χ2n) is 7.18. The van der Waals surface area contributed by atoms with Gasteiger partial charge in [-0.3, -0.25) is 23.7 Å². The molecule has 3 aromatic rings. The fourth-order valence-electron chi connectivity index (χ4n) is 3.62. The van der Waals surface area contributed by atoms with Gasteiger partial charge in [0.15, 0.2) is 0 Å². The Kier molecular flexibility index (Phi) is 5.59.